The molecule has 0 amide bonds. The molecule has 0 aliphatic heterocycles. The number of hydrogen-bond acceptors (Lipinski definition) is 5. The minimum absolute atomic E-state index is 0.592. The van der Waals surface area contributed by atoms with Crippen molar-refractivity contribution in [1.82, 2.24) is 4.98 Å². The Morgan fingerprint density at radius 3 is 1.96 bits per heavy atom. The van der Waals surface area contributed by atoms with E-state index in [9.17, 15) is 0 Å². The number of oxazole rings is 1. The number of fused-ring (bicyclic) bond motifs is 6. The number of hydrogen-bond donors (Lipinski definition) is 0. The van der Waals surface area contributed by atoms with Crippen LogP contribution in [0.5, 0.6) is 0 Å². The molecule has 0 radical (unpaired) electrons. The lowest BCUT2D eigenvalue weighted by atomic mass is 9.98. The largest absolute Gasteiger partial charge is 0.456 e. The van der Waals surface area contributed by atoms with E-state index in [0.717, 1.165) is 99.5 Å². The van der Waals surface area contributed by atoms with Crippen molar-refractivity contribution in [2.75, 3.05) is 4.90 Å². The summed E-state index contributed by atoms with van der Waals surface area (Å²) in [4.78, 5) is 7.37. The fourth-order valence-electron chi connectivity index (χ4n) is 7.64. The summed E-state index contributed by atoms with van der Waals surface area (Å²) in [6, 6.07) is 54.3. The number of benzene rings is 8. The lowest BCUT2D eigenvalue weighted by Crippen LogP contribution is -2.11. The van der Waals surface area contributed by atoms with Crippen LogP contribution in [0.1, 0.15) is 0 Å². The van der Waals surface area contributed by atoms with Crippen LogP contribution in [0.2, 0.25) is 0 Å². The van der Waals surface area contributed by atoms with Gasteiger partial charge in [0.05, 0.1) is 11.4 Å². The Morgan fingerprint density at radius 1 is 0.420 bits per heavy atom. The molecule has 234 valence electrons. The van der Waals surface area contributed by atoms with Gasteiger partial charge in [0, 0.05) is 61.3 Å². The number of anilines is 3. The van der Waals surface area contributed by atoms with Crippen LogP contribution in [0.15, 0.2) is 171 Å². The summed E-state index contributed by atoms with van der Waals surface area (Å²) in [6.07, 6.45) is 0. The second-order valence-corrected chi connectivity index (χ2v) is 12.7. The van der Waals surface area contributed by atoms with Crippen LogP contribution in [0.3, 0.4) is 0 Å². The van der Waals surface area contributed by atoms with E-state index in [0.29, 0.717) is 5.89 Å². The van der Waals surface area contributed by atoms with Gasteiger partial charge in [-0.25, -0.2) is 4.98 Å². The third kappa shape index (κ3) is 3.92. The van der Waals surface area contributed by atoms with E-state index in [4.69, 9.17) is 18.2 Å². The van der Waals surface area contributed by atoms with Crippen molar-refractivity contribution < 1.29 is 13.3 Å². The summed E-state index contributed by atoms with van der Waals surface area (Å²) in [5, 5.41) is 6.24. The molecule has 0 aliphatic carbocycles. The van der Waals surface area contributed by atoms with Crippen molar-refractivity contribution in [1.29, 1.82) is 0 Å². The summed E-state index contributed by atoms with van der Waals surface area (Å²) < 4.78 is 19.7. The average molecular weight is 643 g/mol. The third-order valence-corrected chi connectivity index (χ3v) is 9.84. The molecule has 11 rings (SSSR count). The van der Waals surface area contributed by atoms with Crippen LogP contribution < -0.4 is 4.90 Å². The number of rotatable bonds is 5. The van der Waals surface area contributed by atoms with Gasteiger partial charge in [-0.05, 0) is 54.1 Å². The highest BCUT2D eigenvalue weighted by Gasteiger charge is 2.25. The first-order valence-electron chi connectivity index (χ1n) is 16.7. The van der Waals surface area contributed by atoms with Crippen LogP contribution in [-0.2, 0) is 0 Å². The lowest BCUT2D eigenvalue weighted by Gasteiger charge is -2.28. The van der Waals surface area contributed by atoms with Crippen LogP contribution in [0, 0.1) is 0 Å². The second-order valence-electron chi connectivity index (χ2n) is 12.7. The standard InChI is InChI=1S/C45H26N2O3/c1-3-12-27(13-4-1)31-16-7-9-19-36(31)47(29-22-23-33-32-17-8-10-20-37(32)48-39(33)25-29)30-24-35-42-40(26-30)49-38-21-11-18-34(41(38)42)43-44(35)50-45(46-43)28-14-5-2-6-15-28/h1-26H. The Bertz CT molecular complexity index is 3040. The van der Waals surface area contributed by atoms with E-state index < -0.39 is 0 Å². The van der Waals surface area contributed by atoms with E-state index in [1.54, 1.807) is 0 Å². The first kappa shape index (κ1) is 27.1. The predicted molar refractivity (Wildman–Crippen MR) is 203 cm³/mol. The molecule has 11 aromatic rings. The molecule has 0 atom stereocenters. The SMILES string of the molecule is c1ccc(-c2nc3c4cccc5oc6cc(N(c7ccc8c(c7)oc7ccccc78)c7ccccc7-c7ccccc7)cc(c3o2)c6c54)cc1. The van der Waals surface area contributed by atoms with Gasteiger partial charge in [-0.3, -0.25) is 0 Å². The van der Waals surface area contributed by atoms with E-state index in [2.05, 4.69) is 95.9 Å². The van der Waals surface area contributed by atoms with Crippen LogP contribution in [0.25, 0.3) is 88.3 Å². The van der Waals surface area contributed by atoms with Gasteiger partial charge in [0.15, 0.2) is 5.58 Å². The summed E-state index contributed by atoms with van der Waals surface area (Å²) in [6.45, 7) is 0. The average Bonchev–Trinajstić information content (AvgIpc) is 3.89. The summed E-state index contributed by atoms with van der Waals surface area (Å²) in [5.74, 6) is 0.592. The molecule has 0 spiro atoms. The van der Waals surface area contributed by atoms with E-state index in [1.807, 2.05) is 66.7 Å². The summed E-state index contributed by atoms with van der Waals surface area (Å²) in [7, 11) is 0. The van der Waals surface area contributed by atoms with Gasteiger partial charge in [-0.1, -0.05) is 97.1 Å². The first-order chi connectivity index (χ1) is 24.8. The highest BCUT2D eigenvalue weighted by Crippen LogP contribution is 2.48. The molecule has 50 heavy (non-hydrogen) atoms. The number of aromatic nitrogens is 1. The molecule has 0 N–H and O–H groups in total. The highest BCUT2D eigenvalue weighted by molar-refractivity contribution is 6.32. The maximum atomic E-state index is 6.68. The minimum atomic E-state index is 0.592. The molecule has 5 nitrogen and oxygen atoms in total. The predicted octanol–water partition coefficient (Wildman–Crippen LogP) is 13.0. The first-order valence-corrected chi connectivity index (χ1v) is 16.7. The Balaban J connectivity index is 1.23. The topological polar surface area (TPSA) is 55.6 Å². The Morgan fingerprint density at radius 2 is 1.08 bits per heavy atom. The van der Waals surface area contributed by atoms with Crippen molar-refractivity contribution in [3.05, 3.63) is 158 Å². The smallest absolute Gasteiger partial charge is 0.227 e. The maximum Gasteiger partial charge on any atom is 0.227 e. The van der Waals surface area contributed by atoms with Crippen LogP contribution >= 0.6 is 0 Å². The Kier molecular flexibility index (Phi) is 5.60. The quantitative estimate of drug-likeness (QED) is 0.175. The van der Waals surface area contributed by atoms with Gasteiger partial charge in [0.1, 0.15) is 27.8 Å². The van der Waals surface area contributed by atoms with Crippen molar-refractivity contribution in [2.24, 2.45) is 0 Å². The number of para-hydroxylation sites is 2. The van der Waals surface area contributed by atoms with E-state index in [-0.39, 0.29) is 0 Å². The molecular formula is C45H26N2O3. The van der Waals surface area contributed by atoms with Gasteiger partial charge in [0.2, 0.25) is 5.89 Å². The molecule has 0 saturated carbocycles. The second kappa shape index (κ2) is 10.3. The van der Waals surface area contributed by atoms with Gasteiger partial charge in [-0.15, -0.1) is 0 Å². The normalized spacial score (nSPS) is 12.0. The molecule has 5 heteroatoms. The zero-order chi connectivity index (χ0) is 32.8. The number of furan rings is 2. The van der Waals surface area contributed by atoms with Gasteiger partial charge < -0.3 is 18.2 Å². The number of nitrogens with zero attached hydrogens (tertiary/aromatic N) is 2. The molecule has 0 unspecified atom stereocenters. The molecular weight excluding hydrogens is 617 g/mol. The van der Waals surface area contributed by atoms with Crippen molar-refractivity contribution >= 4 is 82.8 Å². The highest BCUT2D eigenvalue weighted by atomic mass is 16.4. The molecule has 0 bridgehead atoms. The monoisotopic (exact) mass is 642 g/mol. The maximum absolute atomic E-state index is 6.68. The van der Waals surface area contributed by atoms with Crippen molar-refractivity contribution in [3.8, 4) is 22.6 Å². The van der Waals surface area contributed by atoms with Gasteiger partial charge in [-0.2, -0.15) is 0 Å². The summed E-state index contributed by atoms with van der Waals surface area (Å²) in [5.41, 5.74) is 10.9. The fourth-order valence-corrected chi connectivity index (χ4v) is 7.64. The van der Waals surface area contributed by atoms with Gasteiger partial charge >= 0.3 is 0 Å². The third-order valence-electron chi connectivity index (χ3n) is 9.84. The fraction of sp³-hybridized carbons (Fsp3) is 0. The molecule has 0 saturated heterocycles. The minimum Gasteiger partial charge on any atom is -0.456 e. The zero-order valence-electron chi connectivity index (χ0n) is 26.6. The Labute approximate surface area is 285 Å². The van der Waals surface area contributed by atoms with Crippen LogP contribution in [0.4, 0.5) is 17.1 Å². The lowest BCUT2D eigenvalue weighted by molar-refractivity contribution is 0.623. The van der Waals surface area contributed by atoms with Crippen molar-refractivity contribution in [2.45, 2.75) is 0 Å². The van der Waals surface area contributed by atoms with Crippen LogP contribution in [-0.4, -0.2) is 4.98 Å². The molecule has 3 heterocycles. The summed E-state index contributed by atoms with van der Waals surface area (Å²) >= 11 is 0. The molecule has 3 aromatic heterocycles. The zero-order valence-corrected chi connectivity index (χ0v) is 26.6. The molecule has 0 aliphatic rings. The van der Waals surface area contributed by atoms with E-state index in [1.165, 1.54) is 0 Å². The van der Waals surface area contributed by atoms with E-state index >= 15 is 0 Å². The molecule has 0 fully saturated rings. The molecule has 8 aromatic carbocycles. The Hall–Kier alpha value is -6.85. The van der Waals surface area contributed by atoms with Gasteiger partial charge in [0.25, 0.3) is 0 Å². The van der Waals surface area contributed by atoms with Crippen molar-refractivity contribution in [3.63, 3.8) is 0 Å².